The highest BCUT2D eigenvalue weighted by Gasteiger charge is 2.19. The first kappa shape index (κ1) is 17.7. The van der Waals surface area contributed by atoms with Gasteiger partial charge in [-0.15, -0.1) is 0 Å². The van der Waals surface area contributed by atoms with E-state index in [1.54, 1.807) is 0 Å². The molecular weight excluding hydrogens is 357 g/mol. The van der Waals surface area contributed by atoms with Crippen molar-refractivity contribution in [2.45, 2.75) is 6.92 Å². The predicted molar refractivity (Wildman–Crippen MR) is 106 cm³/mol. The van der Waals surface area contributed by atoms with E-state index < -0.39 is 11.4 Å². The smallest absolute Gasteiger partial charge is 0.292 e. The number of ether oxygens (including phenoxy) is 1. The summed E-state index contributed by atoms with van der Waals surface area (Å²) in [5.74, 6) is -0.716. The van der Waals surface area contributed by atoms with Crippen molar-refractivity contribution < 1.29 is 13.9 Å². The Kier molecular flexibility index (Phi) is 4.49. The second-order valence-electron chi connectivity index (χ2n) is 6.37. The maximum absolute atomic E-state index is 13.6. The normalized spacial score (nSPS) is 10.8. The van der Waals surface area contributed by atoms with Gasteiger partial charge in [-0.2, -0.15) is 0 Å². The van der Waals surface area contributed by atoms with E-state index in [0.29, 0.717) is 11.1 Å². The summed E-state index contributed by atoms with van der Waals surface area (Å²) in [4.78, 5) is 27.6. The van der Waals surface area contributed by atoms with Crippen LogP contribution in [0.3, 0.4) is 0 Å². The number of rotatable bonds is 4. The number of Topliss-reactive ketones (excluding diaryl/α,β-unsaturated/α-hetero) is 1. The number of H-pyrrole nitrogens is 1. The Morgan fingerprint density at radius 2 is 1.68 bits per heavy atom. The molecule has 0 amide bonds. The van der Waals surface area contributed by atoms with Gasteiger partial charge in [-0.3, -0.25) is 9.59 Å². The molecule has 3 aromatic carbocycles. The number of hydrogen-bond donors (Lipinski definition) is 1. The molecule has 0 saturated carbocycles. The first-order valence-corrected chi connectivity index (χ1v) is 8.73. The van der Waals surface area contributed by atoms with Crippen LogP contribution in [0.2, 0.25) is 0 Å². The number of ketones is 1. The van der Waals surface area contributed by atoms with Gasteiger partial charge in [0.05, 0.1) is 5.56 Å². The zero-order valence-corrected chi connectivity index (χ0v) is 15.0. The number of fused-ring (bicyclic) bond motifs is 1. The maximum atomic E-state index is 13.6. The number of aromatic amines is 1. The maximum Gasteiger partial charge on any atom is 0.292 e. The number of carbonyl (C=O) groups is 1. The SMILES string of the molecule is CC(=O)c1cc(F)ccc1Oc1c(-c2ccccc2)c2ccccc2[nH]c1=O. The van der Waals surface area contributed by atoms with Crippen molar-refractivity contribution in [2.24, 2.45) is 0 Å². The lowest BCUT2D eigenvalue weighted by atomic mass is 10.00. The minimum absolute atomic E-state index is 0.0546. The summed E-state index contributed by atoms with van der Waals surface area (Å²) in [5, 5.41) is 0.801. The summed E-state index contributed by atoms with van der Waals surface area (Å²) in [6.07, 6.45) is 0. The van der Waals surface area contributed by atoms with E-state index in [2.05, 4.69) is 4.98 Å². The van der Waals surface area contributed by atoms with Gasteiger partial charge in [0.2, 0.25) is 5.75 Å². The number of pyridine rings is 1. The van der Waals surface area contributed by atoms with Gasteiger partial charge in [-0.25, -0.2) is 4.39 Å². The van der Waals surface area contributed by atoms with Gasteiger partial charge in [-0.05, 0) is 36.8 Å². The van der Waals surface area contributed by atoms with E-state index in [0.717, 1.165) is 17.0 Å². The topological polar surface area (TPSA) is 59.2 Å². The quantitative estimate of drug-likeness (QED) is 0.492. The van der Waals surface area contributed by atoms with E-state index in [4.69, 9.17) is 4.74 Å². The van der Waals surface area contributed by atoms with Crippen LogP contribution in [0.4, 0.5) is 4.39 Å². The van der Waals surface area contributed by atoms with Crippen molar-refractivity contribution >= 4 is 16.7 Å². The van der Waals surface area contributed by atoms with Gasteiger partial charge in [0.1, 0.15) is 11.6 Å². The lowest BCUT2D eigenvalue weighted by Crippen LogP contribution is -2.12. The lowest BCUT2D eigenvalue weighted by molar-refractivity contribution is 0.101. The Bertz CT molecular complexity index is 1250. The molecule has 0 saturated heterocycles. The molecule has 5 heteroatoms. The third-order valence-electron chi connectivity index (χ3n) is 4.47. The Balaban J connectivity index is 1.99. The molecule has 28 heavy (non-hydrogen) atoms. The summed E-state index contributed by atoms with van der Waals surface area (Å²) in [7, 11) is 0. The predicted octanol–water partition coefficient (Wildman–Crippen LogP) is 5.33. The van der Waals surface area contributed by atoms with E-state index >= 15 is 0 Å². The first-order valence-electron chi connectivity index (χ1n) is 8.73. The zero-order chi connectivity index (χ0) is 19.7. The number of benzene rings is 3. The summed E-state index contributed by atoms with van der Waals surface area (Å²) in [6, 6.07) is 20.4. The van der Waals surface area contributed by atoms with Crippen molar-refractivity contribution in [3.63, 3.8) is 0 Å². The molecule has 1 aromatic heterocycles. The lowest BCUT2D eigenvalue weighted by Gasteiger charge is -2.15. The molecule has 0 atom stereocenters. The minimum atomic E-state index is -0.548. The molecule has 0 fully saturated rings. The van der Waals surface area contributed by atoms with Crippen LogP contribution in [0, 0.1) is 5.82 Å². The van der Waals surface area contributed by atoms with E-state index in [1.807, 2.05) is 54.6 Å². The average molecular weight is 373 g/mol. The van der Waals surface area contributed by atoms with Crippen molar-refractivity contribution in [2.75, 3.05) is 0 Å². The molecule has 0 bridgehead atoms. The van der Waals surface area contributed by atoms with Crippen LogP contribution < -0.4 is 10.3 Å². The highest BCUT2D eigenvalue weighted by Crippen LogP contribution is 2.36. The molecule has 4 aromatic rings. The second-order valence-corrected chi connectivity index (χ2v) is 6.37. The average Bonchev–Trinajstić information content (AvgIpc) is 2.70. The standard InChI is InChI=1S/C23H16FNO3/c1-14(26)18-13-16(24)11-12-20(18)28-22-21(15-7-3-2-4-8-15)17-9-5-6-10-19(17)25-23(22)27/h2-13H,1H3,(H,25,27). The van der Waals surface area contributed by atoms with Gasteiger partial charge in [0, 0.05) is 16.5 Å². The van der Waals surface area contributed by atoms with Crippen LogP contribution in [0.5, 0.6) is 11.5 Å². The fourth-order valence-corrected chi connectivity index (χ4v) is 3.19. The molecule has 0 aliphatic rings. The van der Waals surface area contributed by atoms with Crippen LogP contribution in [-0.2, 0) is 0 Å². The molecule has 1 N–H and O–H groups in total. The third-order valence-corrected chi connectivity index (χ3v) is 4.47. The molecule has 4 rings (SSSR count). The number of halogens is 1. The first-order chi connectivity index (χ1) is 13.5. The summed E-state index contributed by atoms with van der Waals surface area (Å²) < 4.78 is 19.5. The molecule has 1 heterocycles. The van der Waals surface area contributed by atoms with Crippen molar-refractivity contribution in [3.05, 3.63) is 94.5 Å². The monoisotopic (exact) mass is 373 g/mol. The Morgan fingerprint density at radius 1 is 0.964 bits per heavy atom. The Labute approximate surface area is 160 Å². The highest BCUT2D eigenvalue weighted by molar-refractivity contribution is 5.99. The third kappa shape index (κ3) is 3.18. The van der Waals surface area contributed by atoms with E-state index in [9.17, 15) is 14.0 Å². The number of aromatic nitrogens is 1. The summed E-state index contributed by atoms with van der Waals surface area (Å²) >= 11 is 0. The number of carbonyl (C=O) groups excluding carboxylic acids is 1. The van der Waals surface area contributed by atoms with Gasteiger partial charge in [0.25, 0.3) is 5.56 Å². The Hall–Kier alpha value is -3.73. The minimum Gasteiger partial charge on any atom is -0.450 e. The number of para-hydroxylation sites is 1. The molecule has 0 unspecified atom stereocenters. The summed E-state index contributed by atoms with van der Waals surface area (Å²) in [5.41, 5.74) is 1.72. The molecule has 0 radical (unpaired) electrons. The molecule has 0 spiro atoms. The van der Waals surface area contributed by atoms with Gasteiger partial charge in [-0.1, -0.05) is 48.5 Å². The van der Waals surface area contributed by atoms with Crippen LogP contribution in [0.1, 0.15) is 17.3 Å². The fraction of sp³-hybridized carbons (Fsp3) is 0.0435. The van der Waals surface area contributed by atoms with Crippen molar-refractivity contribution in [1.82, 2.24) is 4.98 Å². The molecular formula is C23H16FNO3. The molecule has 138 valence electrons. The van der Waals surface area contributed by atoms with Gasteiger partial charge < -0.3 is 9.72 Å². The molecule has 0 aliphatic heterocycles. The Morgan fingerprint density at radius 3 is 2.43 bits per heavy atom. The molecule has 0 aliphatic carbocycles. The van der Waals surface area contributed by atoms with Gasteiger partial charge >= 0.3 is 0 Å². The van der Waals surface area contributed by atoms with Crippen LogP contribution >= 0.6 is 0 Å². The fourth-order valence-electron chi connectivity index (χ4n) is 3.19. The number of hydrogen-bond acceptors (Lipinski definition) is 3. The van der Waals surface area contributed by atoms with Crippen LogP contribution in [0.15, 0.2) is 77.6 Å². The highest BCUT2D eigenvalue weighted by atomic mass is 19.1. The zero-order valence-electron chi connectivity index (χ0n) is 15.0. The van der Waals surface area contributed by atoms with Crippen molar-refractivity contribution in [3.8, 4) is 22.6 Å². The van der Waals surface area contributed by atoms with Crippen LogP contribution in [-0.4, -0.2) is 10.8 Å². The second kappa shape index (κ2) is 7.12. The largest absolute Gasteiger partial charge is 0.450 e. The van der Waals surface area contributed by atoms with E-state index in [1.165, 1.54) is 19.1 Å². The van der Waals surface area contributed by atoms with Crippen LogP contribution in [0.25, 0.3) is 22.0 Å². The molecule has 4 nitrogen and oxygen atoms in total. The summed E-state index contributed by atoms with van der Waals surface area (Å²) in [6.45, 7) is 1.32. The van der Waals surface area contributed by atoms with Gasteiger partial charge in [0.15, 0.2) is 5.78 Å². The van der Waals surface area contributed by atoms with Crippen molar-refractivity contribution in [1.29, 1.82) is 0 Å². The van der Waals surface area contributed by atoms with E-state index in [-0.39, 0.29) is 22.8 Å². The number of nitrogens with one attached hydrogen (secondary N) is 1.